The van der Waals surface area contributed by atoms with Crippen LogP contribution in [0.25, 0.3) is 11.1 Å². The van der Waals surface area contributed by atoms with Crippen molar-refractivity contribution >= 4 is 24.5 Å². The molecule has 3 heteroatoms. The summed E-state index contributed by atoms with van der Waals surface area (Å²) in [6, 6.07) is 22.4. The zero-order valence-electron chi connectivity index (χ0n) is 11.8. The second-order valence-electron chi connectivity index (χ2n) is 5.51. The lowest BCUT2D eigenvalue weighted by molar-refractivity contribution is 0.615. The van der Waals surface area contributed by atoms with E-state index in [-0.39, 0.29) is 5.92 Å². The zero-order chi connectivity index (χ0) is 15.1. The van der Waals surface area contributed by atoms with E-state index in [1.54, 1.807) is 0 Å². The fraction of sp³-hybridized carbons (Fsp3) is 0.0526. The van der Waals surface area contributed by atoms with Crippen LogP contribution in [0.1, 0.15) is 22.6 Å². The van der Waals surface area contributed by atoms with Gasteiger partial charge in [0.1, 0.15) is 0 Å². The summed E-state index contributed by atoms with van der Waals surface area (Å²) in [6.07, 6.45) is 0. The molecule has 1 aliphatic carbocycles. The van der Waals surface area contributed by atoms with Gasteiger partial charge in [0.2, 0.25) is 0 Å². The molecule has 3 aromatic carbocycles. The van der Waals surface area contributed by atoms with Crippen molar-refractivity contribution in [2.24, 2.45) is 0 Å². The summed E-state index contributed by atoms with van der Waals surface area (Å²) in [5, 5.41) is 10.4. The predicted molar refractivity (Wildman–Crippen MR) is 91.9 cm³/mol. The van der Waals surface area contributed by atoms with Gasteiger partial charge in [-0.3, -0.25) is 0 Å². The highest BCUT2D eigenvalue weighted by atomic mass is 35.5. The molecule has 0 aliphatic heterocycles. The fourth-order valence-electron chi connectivity index (χ4n) is 3.41. The second kappa shape index (κ2) is 5.31. The van der Waals surface area contributed by atoms with Gasteiger partial charge in [-0.1, -0.05) is 66.2 Å². The molecule has 0 aromatic heterocycles. The van der Waals surface area contributed by atoms with Gasteiger partial charge in [-0.2, -0.15) is 0 Å². The minimum absolute atomic E-state index is 0.128. The van der Waals surface area contributed by atoms with Crippen LogP contribution < -0.4 is 5.46 Å². The van der Waals surface area contributed by atoms with E-state index in [1.807, 2.05) is 42.5 Å². The lowest BCUT2D eigenvalue weighted by Gasteiger charge is -2.16. The highest BCUT2D eigenvalue weighted by Gasteiger charge is 2.31. The Morgan fingerprint density at radius 3 is 2.45 bits per heavy atom. The molecule has 1 unspecified atom stereocenters. The number of benzene rings is 3. The van der Waals surface area contributed by atoms with Crippen LogP contribution in [-0.4, -0.2) is 12.5 Å². The Labute approximate surface area is 135 Å². The summed E-state index contributed by atoms with van der Waals surface area (Å²) in [7, 11) is 1.20. The minimum Gasteiger partial charge on any atom is -0.450 e. The standard InChI is InChI=1S/C19H13BClO/c21-13-9-10-15-16(11-13)14-7-4-8-17(20-22)19(14)18(15)12-5-2-1-3-6-12/h1-11,18,22H. The molecule has 0 saturated carbocycles. The summed E-state index contributed by atoms with van der Waals surface area (Å²) < 4.78 is 0. The molecule has 1 nitrogen and oxygen atoms in total. The first kappa shape index (κ1) is 13.6. The van der Waals surface area contributed by atoms with Crippen molar-refractivity contribution in [2.45, 2.75) is 5.92 Å². The predicted octanol–water partition coefficient (Wildman–Crippen LogP) is 3.74. The first-order valence-corrected chi connectivity index (χ1v) is 7.62. The normalized spacial score (nSPS) is 15.3. The topological polar surface area (TPSA) is 20.2 Å². The number of hydrogen-bond acceptors (Lipinski definition) is 1. The van der Waals surface area contributed by atoms with Gasteiger partial charge in [0.05, 0.1) is 0 Å². The number of fused-ring (bicyclic) bond motifs is 3. The van der Waals surface area contributed by atoms with Crippen molar-refractivity contribution in [1.29, 1.82) is 0 Å². The third kappa shape index (κ3) is 1.99. The minimum atomic E-state index is 0.128. The van der Waals surface area contributed by atoms with Gasteiger partial charge in [-0.25, -0.2) is 0 Å². The molecule has 1 radical (unpaired) electrons. The summed E-state index contributed by atoms with van der Waals surface area (Å²) in [5.41, 5.74) is 6.76. The second-order valence-corrected chi connectivity index (χ2v) is 5.95. The quantitative estimate of drug-likeness (QED) is 0.559. The van der Waals surface area contributed by atoms with E-state index in [1.165, 1.54) is 18.6 Å². The van der Waals surface area contributed by atoms with Crippen molar-refractivity contribution in [3.8, 4) is 11.1 Å². The van der Waals surface area contributed by atoms with Gasteiger partial charge in [-0.05, 0) is 45.4 Å². The third-order valence-corrected chi connectivity index (χ3v) is 4.55. The molecule has 1 atom stereocenters. The summed E-state index contributed by atoms with van der Waals surface area (Å²) >= 11 is 6.20. The molecule has 0 saturated heterocycles. The number of rotatable bonds is 2. The van der Waals surface area contributed by atoms with Crippen LogP contribution in [-0.2, 0) is 0 Å². The smallest absolute Gasteiger partial charge is 0.327 e. The van der Waals surface area contributed by atoms with Gasteiger partial charge < -0.3 is 5.02 Å². The number of halogens is 1. The van der Waals surface area contributed by atoms with Gasteiger partial charge in [0.25, 0.3) is 0 Å². The van der Waals surface area contributed by atoms with Gasteiger partial charge in [0, 0.05) is 10.9 Å². The molecule has 0 bridgehead atoms. The molecule has 0 spiro atoms. The average Bonchev–Trinajstić information content (AvgIpc) is 2.89. The largest absolute Gasteiger partial charge is 0.450 e. The van der Waals surface area contributed by atoms with Crippen LogP contribution in [0.5, 0.6) is 0 Å². The maximum absolute atomic E-state index is 9.65. The SMILES string of the molecule is O[B]c1cccc2c1C(c1ccccc1)c1ccc(Cl)cc1-2. The molecule has 3 aromatic rings. The van der Waals surface area contributed by atoms with E-state index in [0.717, 1.165) is 27.2 Å². The Kier molecular flexibility index (Phi) is 3.29. The van der Waals surface area contributed by atoms with Crippen molar-refractivity contribution < 1.29 is 5.02 Å². The Balaban J connectivity index is 2.04. The van der Waals surface area contributed by atoms with Gasteiger partial charge >= 0.3 is 7.48 Å². The van der Waals surface area contributed by atoms with E-state index < -0.39 is 0 Å². The van der Waals surface area contributed by atoms with E-state index in [9.17, 15) is 5.02 Å². The first-order valence-electron chi connectivity index (χ1n) is 7.24. The van der Waals surface area contributed by atoms with Crippen LogP contribution in [0.2, 0.25) is 5.02 Å². The van der Waals surface area contributed by atoms with Crippen molar-refractivity contribution in [2.75, 3.05) is 0 Å². The molecule has 4 rings (SSSR count). The Bertz CT molecular complexity index is 845. The van der Waals surface area contributed by atoms with E-state index in [0.29, 0.717) is 0 Å². The average molecular weight is 304 g/mol. The third-order valence-electron chi connectivity index (χ3n) is 4.32. The molecule has 0 heterocycles. The molecule has 1 aliphatic rings. The van der Waals surface area contributed by atoms with Crippen LogP contribution >= 0.6 is 11.6 Å². The first-order chi connectivity index (χ1) is 10.8. The van der Waals surface area contributed by atoms with E-state index in [2.05, 4.69) is 24.3 Å². The van der Waals surface area contributed by atoms with Crippen LogP contribution in [0, 0.1) is 0 Å². The zero-order valence-corrected chi connectivity index (χ0v) is 12.6. The highest BCUT2D eigenvalue weighted by Crippen LogP contribution is 2.47. The highest BCUT2D eigenvalue weighted by molar-refractivity contribution is 6.46. The van der Waals surface area contributed by atoms with Crippen molar-refractivity contribution in [3.63, 3.8) is 0 Å². The molecule has 0 fully saturated rings. The molecular formula is C19H13BClO. The van der Waals surface area contributed by atoms with E-state index in [4.69, 9.17) is 11.6 Å². The van der Waals surface area contributed by atoms with Crippen molar-refractivity contribution in [1.82, 2.24) is 0 Å². The maximum atomic E-state index is 9.65. The maximum Gasteiger partial charge on any atom is 0.327 e. The lowest BCUT2D eigenvalue weighted by Crippen LogP contribution is -2.21. The van der Waals surface area contributed by atoms with Crippen LogP contribution in [0.4, 0.5) is 0 Å². The Morgan fingerprint density at radius 2 is 1.68 bits per heavy atom. The fourth-order valence-corrected chi connectivity index (χ4v) is 3.59. The summed E-state index contributed by atoms with van der Waals surface area (Å²) in [5.74, 6) is 0.128. The van der Waals surface area contributed by atoms with Gasteiger partial charge in [-0.15, -0.1) is 0 Å². The van der Waals surface area contributed by atoms with Gasteiger partial charge in [0.15, 0.2) is 0 Å². The summed E-state index contributed by atoms with van der Waals surface area (Å²) in [4.78, 5) is 0. The lowest BCUT2D eigenvalue weighted by atomic mass is 9.77. The van der Waals surface area contributed by atoms with Crippen LogP contribution in [0.15, 0.2) is 66.7 Å². The monoisotopic (exact) mass is 303 g/mol. The molecular weight excluding hydrogens is 290 g/mol. The molecule has 1 N–H and O–H groups in total. The molecule has 0 amide bonds. The van der Waals surface area contributed by atoms with Crippen LogP contribution in [0.3, 0.4) is 0 Å². The van der Waals surface area contributed by atoms with E-state index >= 15 is 0 Å². The Morgan fingerprint density at radius 1 is 0.864 bits per heavy atom. The molecule has 22 heavy (non-hydrogen) atoms. The van der Waals surface area contributed by atoms with Crippen molar-refractivity contribution in [3.05, 3.63) is 88.4 Å². The summed E-state index contributed by atoms with van der Waals surface area (Å²) in [6.45, 7) is 0. The molecule has 105 valence electrons. The number of hydrogen-bond donors (Lipinski definition) is 1. The Hall–Kier alpha value is -2.03.